The molecule has 5 nitrogen and oxygen atoms in total. The topological polar surface area (TPSA) is 75.9 Å². The fourth-order valence-corrected chi connectivity index (χ4v) is 2.77. The monoisotopic (exact) mass is 433 g/mol. The molecule has 1 heterocycles. The SMILES string of the molecule is Nc1c(Nc2cccc(Br)c2)ncnc1Nc1ccccc1Br. The molecular formula is C16H13Br2N5. The first-order chi connectivity index (χ1) is 11.1. The Labute approximate surface area is 150 Å². The molecule has 0 unspecified atom stereocenters. The van der Waals surface area contributed by atoms with Crippen molar-refractivity contribution >= 4 is 60.6 Å². The number of halogens is 2. The first kappa shape index (κ1) is 15.8. The zero-order valence-electron chi connectivity index (χ0n) is 11.9. The van der Waals surface area contributed by atoms with Crippen LogP contribution in [0.5, 0.6) is 0 Å². The number of hydrogen-bond acceptors (Lipinski definition) is 5. The molecule has 4 N–H and O–H groups in total. The number of para-hydroxylation sites is 1. The van der Waals surface area contributed by atoms with E-state index in [1.54, 1.807) is 0 Å². The molecule has 0 aliphatic carbocycles. The van der Waals surface area contributed by atoms with Gasteiger partial charge in [0.2, 0.25) is 0 Å². The first-order valence-corrected chi connectivity index (χ1v) is 8.36. The van der Waals surface area contributed by atoms with E-state index >= 15 is 0 Å². The lowest BCUT2D eigenvalue weighted by atomic mass is 10.3. The van der Waals surface area contributed by atoms with Crippen molar-refractivity contribution in [1.82, 2.24) is 9.97 Å². The van der Waals surface area contributed by atoms with E-state index in [9.17, 15) is 0 Å². The largest absolute Gasteiger partial charge is 0.393 e. The van der Waals surface area contributed by atoms with E-state index < -0.39 is 0 Å². The Morgan fingerprint density at radius 2 is 1.61 bits per heavy atom. The highest BCUT2D eigenvalue weighted by Crippen LogP contribution is 2.31. The Hall–Kier alpha value is -2.12. The van der Waals surface area contributed by atoms with Crippen molar-refractivity contribution in [3.8, 4) is 0 Å². The van der Waals surface area contributed by atoms with Crippen molar-refractivity contribution < 1.29 is 0 Å². The van der Waals surface area contributed by atoms with Crippen LogP contribution in [0.2, 0.25) is 0 Å². The normalized spacial score (nSPS) is 10.3. The maximum absolute atomic E-state index is 6.19. The molecule has 0 spiro atoms. The molecule has 116 valence electrons. The van der Waals surface area contributed by atoms with Gasteiger partial charge in [0, 0.05) is 14.6 Å². The third-order valence-electron chi connectivity index (χ3n) is 3.10. The lowest BCUT2D eigenvalue weighted by Crippen LogP contribution is -2.05. The highest BCUT2D eigenvalue weighted by atomic mass is 79.9. The summed E-state index contributed by atoms with van der Waals surface area (Å²) in [6.45, 7) is 0. The summed E-state index contributed by atoms with van der Waals surface area (Å²) in [4.78, 5) is 8.43. The Balaban J connectivity index is 1.88. The smallest absolute Gasteiger partial charge is 0.159 e. The van der Waals surface area contributed by atoms with Gasteiger partial charge in [0.05, 0.1) is 5.69 Å². The zero-order chi connectivity index (χ0) is 16.2. The van der Waals surface area contributed by atoms with Gasteiger partial charge in [0.25, 0.3) is 0 Å². The van der Waals surface area contributed by atoms with E-state index in [2.05, 4.69) is 52.5 Å². The summed E-state index contributed by atoms with van der Waals surface area (Å²) in [6.07, 6.45) is 1.47. The van der Waals surface area contributed by atoms with E-state index in [0.29, 0.717) is 17.3 Å². The second-order valence-electron chi connectivity index (χ2n) is 4.72. The fraction of sp³-hybridized carbons (Fsp3) is 0. The molecule has 0 fully saturated rings. The average molecular weight is 435 g/mol. The van der Waals surface area contributed by atoms with Gasteiger partial charge in [-0.05, 0) is 46.3 Å². The number of nitrogens with two attached hydrogens (primary N) is 1. The van der Waals surface area contributed by atoms with Crippen LogP contribution >= 0.6 is 31.9 Å². The van der Waals surface area contributed by atoms with Crippen molar-refractivity contribution in [2.75, 3.05) is 16.4 Å². The molecule has 0 saturated heterocycles. The molecule has 0 aliphatic heterocycles. The van der Waals surface area contributed by atoms with Crippen LogP contribution in [0.3, 0.4) is 0 Å². The highest BCUT2D eigenvalue weighted by molar-refractivity contribution is 9.10. The molecule has 1 aromatic heterocycles. The van der Waals surface area contributed by atoms with Crippen molar-refractivity contribution in [1.29, 1.82) is 0 Å². The van der Waals surface area contributed by atoms with E-state index in [0.717, 1.165) is 20.3 Å². The average Bonchev–Trinajstić information content (AvgIpc) is 2.53. The van der Waals surface area contributed by atoms with Crippen LogP contribution in [0.15, 0.2) is 63.8 Å². The highest BCUT2D eigenvalue weighted by Gasteiger charge is 2.10. The number of nitrogen functional groups attached to an aromatic ring is 1. The molecule has 23 heavy (non-hydrogen) atoms. The van der Waals surface area contributed by atoms with Crippen LogP contribution in [0.4, 0.5) is 28.7 Å². The van der Waals surface area contributed by atoms with Crippen molar-refractivity contribution in [3.05, 3.63) is 63.8 Å². The minimum atomic E-state index is 0.447. The van der Waals surface area contributed by atoms with Gasteiger partial charge in [-0.1, -0.05) is 34.1 Å². The van der Waals surface area contributed by atoms with Crippen LogP contribution < -0.4 is 16.4 Å². The number of hydrogen-bond donors (Lipinski definition) is 3. The van der Waals surface area contributed by atoms with Crippen LogP contribution in [0, 0.1) is 0 Å². The molecule has 0 saturated carbocycles. The van der Waals surface area contributed by atoms with Crippen LogP contribution in [0.1, 0.15) is 0 Å². The maximum atomic E-state index is 6.19. The third kappa shape index (κ3) is 3.80. The number of benzene rings is 2. The summed E-state index contributed by atoms with van der Waals surface area (Å²) >= 11 is 6.93. The maximum Gasteiger partial charge on any atom is 0.159 e. The van der Waals surface area contributed by atoms with Gasteiger partial charge >= 0.3 is 0 Å². The van der Waals surface area contributed by atoms with E-state index in [4.69, 9.17) is 5.73 Å². The number of aromatic nitrogens is 2. The van der Waals surface area contributed by atoms with Crippen molar-refractivity contribution in [3.63, 3.8) is 0 Å². The number of nitrogens with one attached hydrogen (secondary N) is 2. The summed E-state index contributed by atoms with van der Waals surface area (Å²) < 4.78 is 1.90. The van der Waals surface area contributed by atoms with Gasteiger partial charge in [0.15, 0.2) is 11.6 Å². The molecule has 7 heteroatoms. The quantitative estimate of drug-likeness (QED) is 0.534. The summed E-state index contributed by atoms with van der Waals surface area (Å²) in [6, 6.07) is 15.5. The molecule has 0 atom stereocenters. The summed E-state index contributed by atoms with van der Waals surface area (Å²) in [5.41, 5.74) is 8.40. The van der Waals surface area contributed by atoms with Crippen molar-refractivity contribution in [2.45, 2.75) is 0 Å². The lowest BCUT2D eigenvalue weighted by Gasteiger charge is -2.13. The Kier molecular flexibility index (Phi) is 4.78. The number of anilines is 5. The minimum absolute atomic E-state index is 0.447. The molecule has 2 aromatic carbocycles. The first-order valence-electron chi connectivity index (χ1n) is 6.78. The van der Waals surface area contributed by atoms with Crippen LogP contribution in [-0.2, 0) is 0 Å². The summed E-state index contributed by atoms with van der Waals surface area (Å²) in [5, 5.41) is 6.40. The number of nitrogens with zero attached hydrogens (tertiary/aromatic N) is 2. The van der Waals surface area contributed by atoms with Gasteiger partial charge in [-0.2, -0.15) is 0 Å². The van der Waals surface area contributed by atoms with Crippen molar-refractivity contribution in [2.24, 2.45) is 0 Å². The second kappa shape index (κ2) is 6.97. The molecular weight excluding hydrogens is 422 g/mol. The van der Waals surface area contributed by atoms with Gasteiger partial charge in [-0.15, -0.1) is 0 Å². The predicted molar refractivity (Wildman–Crippen MR) is 101 cm³/mol. The Morgan fingerprint density at radius 1 is 0.870 bits per heavy atom. The lowest BCUT2D eigenvalue weighted by molar-refractivity contribution is 1.17. The Bertz CT molecular complexity index is 838. The van der Waals surface area contributed by atoms with Gasteiger partial charge in [-0.25, -0.2) is 9.97 Å². The number of rotatable bonds is 4. The molecule has 0 amide bonds. The second-order valence-corrected chi connectivity index (χ2v) is 6.49. The van der Waals surface area contributed by atoms with E-state index in [1.165, 1.54) is 6.33 Å². The summed E-state index contributed by atoms with van der Waals surface area (Å²) in [5.74, 6) is 1.09. The molecule has 0 bridgehead atoms. The molecule has 0 aliphatic rings. The van der Waals surface area contributed by atoms with Gasteiger partial charge < -0.3 is 16.4 Å². The van der Waals surface area contributed by atoms with E-state index in [1.807, 2.05) is 48.5 Å². The van der Waals surface area contributed by atoms with Crippen LogP contribution in [-0.4, -0.2) is 9.97 Å². The van der Waals surface area contributed by atoms with E-state index in [-0.39, 0.29) is 0 Å². The predicted octanol–water partition coefficient (Wildman–Crippen LogP) is 5.07. The molecule has 3 rings (SSSR count). The molecule has 0 radical (unpaired) electrons. The Morgan fingerprint density at radius 3 is 2.35 bits per heavy atom. The third-order valence-corrected chi connectivity index (χ3v) is 4.28. The summed E-state index contributed by atoms with van der Waals surface area (Å²) in [7, 11) is 0. The molecule has 3 aromatic rings. The van der Waals surface area contributed by atoms with Gasteiger partial charge in [0.1, 0.15) is 12.0 Å². The van der Waals surface area contributed by atoms with Gasteiger partial charge in [-0.3, -0.25) is 0 Å². The zero-order valence-corrected chi connectivity index (χ0v) is 15.1. The standard InChI is InChI=1S/C16H13Br2N5/c17-10-4-3-5-11(8-10)22-15-14(19)16(21-9-20-15)23-13-7-2-1-6-12(13)18/h1-9H,19H2,(H2,20,21,22,23). The minimum Gasteiger partial charge on any atom is -0.393 e. The van der Waals surface area contributed by atoms with Crippen LogP contribution in [0.25, 0.3) is 0 Å². The fourth-order valence-electron chi connectivity index (χ4n) is 1.99.